The van der Waals surface area contributed by atoms with Crippen LogP contribution in [0.25, 0.3) is 0 Å². The van der Waals surface area contributed by atoms with Crippen LogP contribution >= 0.6 is 0 Å². The highest BCUT2D eigenvalue weighted by Crippen LogP contribution is 2.35. The van der Waals surface area contributed by atoms with Crippen LogP contribution < -0.4 is 16.0 Å². The van der Waals surface area contributed by atoms with E-state index in [2.05, 4.69) is 31.9 Å². The van der Waals surface area contributed by atoms with Gasteiger partial charge in [-0.05, 0) is 62.9 Å². The Morgan fingerprint density at radius 3 is 2.50 bits per heavy atom. The number of nitrogens with zero attached hydrogens (tertiary/aromatic N) is 2. The van der Waals surface area contributed by atoms with Crippen LogP contribution in [0.15, 0.2) is 29.3 Å². The number of likely N-dealkylation sites (tertiary alicyclic amines) is 1. The molecule has 3 rings (SSSR count). The zero-order valence-corrected chi connectivity index (χ0v) is 18.8. The summed E-state index contributed by atoms with van der Waals surface area (Å²) in [6.07, 6.45) is 11.5. The third-order valence-corrected chi connectivity index (χ3v) is 6.74. The lowest BCUT2D eigenvalue weighted by molar-refractivity contribution is 0.0368. The molecule has 1 heterocycles. The lowest BCUT2D eigenvalue weighted by atomic mass is 9.79. The van der Waals surface area contributed by atoms with Crippen molar-refractivity contribution in [2.45, 2.75) is 63.3 Å². The number of aliphatic imine (C=N–C) groups is 1. The number of benzene rings is 1. The Kier molecular flexibility index (Phi) is 8.55. The molecule has 1 aliphatic carbocycles. The van der Waals surface area contributed by atoms with Gasteiger partial charge < -0.3 is 16.0 Å². The second-order valence-electron chi connectivity index (χ2n) is 8.71. The number of nitrogens with one attached hydrogen (secondary N) is 3. The van der Waals surface area contributed by atoms with Crippen molar-refractivity contribution in [1.29, 1.82) is 0 Å². The first-order valence-electron chi connectivity index (χ1n) is 11.7. The summed E-state index contributed by atoms with van der Waals surface area (Å²) < 4.78 is 0. The van der Waals surface area contributed by atoms with Gasteiger partial charge in [0.05, 0.1) is 0 Å². The highest BCUT2D eigenvalue weighted by molar-refractivity contribution is 5.94. The minimum Gasteiger partial charge on any atom is -0.356 e. The summed E-state index contributed by atoms with van der Waals surface area (Å²) in [5.74, 6) is 0.831. The Bertz CT molecular complexity index is 705. The van der Waals surface area contributed by atoms with Crippen molar-refractivity contribution in [3.63, 3.8) is 0 Å². The normalized spacial score (nSPS) is 19.9. The minimum absolute atomic E-state index is 0.0437. The smallest absolute Gasteiger partial charge is 0.251 e. The van der Waals surface area contributed by atoms with Crippen LogP contribution in [-0.2, 0) is 6.42 Å². The maximum atomic E-state index is 11.8. The molecule has 0 atom stereocenters. The van der Waals surface area contributed by atoms with Crippen molar-refractivity contribution in [3.8, 4) is 0 Å². The summed E-state index contributed by atoms with van der Waals surface area (Å²) >= 11 is 0. The monoisotopic (exact) mass is 413 g/mol. The van der Waals surface area contributed by atoms with Crippen molar-refractivity contribution in [2.24, 2.45) is 4.99 Å². The van der Waals surface area contributed by atoms with Gasteiger partial charge in [0, 0.05) is 38.3 Å². The average Bonchev–Trinajstić information content (AvgIpc) is 2.82. The highest BCUT2D eigenvalue weighted by atomic mass is 16.1. The van der Waals surface area contributed by atoms with Crippen LogP contribution in [0, 0.1) is 0 Å². The fraction of sp³-hybridized carbons (Fsp3) is 0.667. The van der Waals surface area contributed by atoms with E-state index >= 15 is 0 Å². The Balaban J connectivity index is 1.52. The quantitative estimate of drug-likeness (QED) is 0.475. The predicted octanol–water partition coefficient (Wildman–Crippen LogP) is 2.94. The molecule has 0 unspecified atom stereocenters. The van der Waals surface area contributed by atoms with Crippen molar-refractivity contribution in [2.75, 3.05) is 40.3 Å². The molecule has 1 aromatic rings. The molecule has 1 aliphatic heterocycles. The van der Waals surface area contributed by atoms with Gasteiger partial charge in [-0.1, -0.05) is 37.8 Å². The van der Waals surface area contributed by atoms with Crippen LogP contribution in [-0.4, -0.2) is 62.6 Å². The first kappa shape index (κ1) is 22.6. The molecule has 3 N–H and O–H groups in total. The van der Waals surface area contributed by atoms with Crippen LogP contribution in [0.4, 0.5) is 0 Å². The molecule has 0 spiro atoms. The molecular weight excluding hydrogens is 374 g/mol. The first-order chi connectivity index (χ1) is 14.7. The number of carbonyl (C=O) groups excluding carboxylic acids is 1. The standard InChI is InChI=1S/C24H39N5O/c1-25-22(30)21-11-9-10-20(18-21)12-15-27-23(26-2)28-19-24(13-5-3-6-14-24)29-16-7-4-8-17-29/h9-11,18H,3-8,12-17,19H2,1-2H3,(H,25,30)(H2,26,27,28). The van der Waals surface area contributed by atoms with Gasteiger partial charge in [0.15, 0.2) is 5.96 Å². The largest absolute Gasteiger partial charge is 0.356 e. The fourth-order valence-corrected chi connectivity index (χ4v) is 4.99. The molecule has 6 heteroatoms. The van der Waals surface area contributed by atoms with Crippen molar-refractivity contribution in [1.82, 2.24) is 20.9 Å². The van der Waals surface area contributed by atoms with Gasteiger partial charge in [-0.25, -0.2) is 0 Å². The van der Waals surface area contributed by atoms with E-state index in [1.165, 1.54) is 64.5 Å². The first-order valence-corrected chi connectivity index (χ1v) is 11.7. The number of amides is 1. The fourth-order valence-electron chi connectivity index (χ4n) is 4.99. The molecule has 1 amide bonds. The van der Waals surface area contributed by atoms with Crippen LogP contribution in [0.3, 0.4) is 0 Å². The van der Waals surface area contributed by atoms with Crippen LogP contribution in [0.5, 0.6) is 0 Å². The van der Waals surface area contributed by atoms with E-state index in [0.717, 1.165) is 31.0 Å². The van der Waals surface area contributed by atoms with Crippen LogP contribution in [0.1, 0.15) is 67.3 Å². The Morgan fingerprint density at radius 1 is 1.07 bits per heavy atom. The molecule has 1 saturated carbocycles. The molecule has 0 aromatic heterocycles. The molecule has 0 radical (unpaired) electrons. The predicted molar refractivity (Wildman–Crippen MR) is 124 cm³/mol. The summed E-state index contributed by atoms with van der Waals surface area (Å²) in [6, 6.07) is 7.82. The van der Waals surface area contributed by atoms with E-state index in [1.807, 2.05) is 25.2 Å². The van der Waals surface area contributed by atoms with Gasteiger partial charge in [0.2, 0.25) is 0 Å². The lowest BCUT2D eigenvalue weighted by Crippen LogP contribution is -2.59. The van der Waals surface area contributed by atoms with Crippen molar-refractivity contribution in [3.05, 3.63) is 35.4 Å². The Hall–Kier alpha value is -2.08. The highest BCUT2D eigenvalue weighted by Gasteiger charge is 2.38. The van der Waals surface area contributed by atoms with E-state index in [4.69, 9.17) is 0 Å². The number of rotatable bonds is 7. The summed E-state index contributed by atoms with van der Waals surface area (Å²) in [5.41, 5.74) is 2.15. The van der Waals surface area contributed by atoms with Crippen molar-refractivity contribution < 1.29 is 4.79 Å². The minimum atomic E-state index is -0.0437. The second kappa shape index (κ2) is 11.3. The van der Waals surface area contributed by atoms with E-state index in [-0.39, 0.29) is 11.4 Å². The number of carbonyl (C=O) groups is 1. The molecule has 1 aromatic carbocycles. The van der Waals surface area contributed by atoms with Crippen LogP contribution in [0.2, 0.25) is 0 Å². The molecule has 1 saturated heterocycles. The molecule has 2 aliphatic rings. The maximum Gasteiger partial charge on any atom is 0.251 e. The molecule has 0 bridgehead atoms. The number of guanidine groups is 1. The zero-order chi connectivity index (χ0) is 21.2. The van der Waals surface area contributed by atoms with Gasteiger partial charge in [0.25, 0.3) is 5.91 Å². The van der Waals surface area contributed by atoms with Gasteiger partial charge in [-0.2, -0.15) is 0 Å². The van der Waals surface area contributed by atoms with E-state index in [9.17, 15) is 4.79 Å². The second-order valence-corrected chi connectivity index (χ2v) is 8.71. The summed E-state index contributed by atoms with van der Waals surface area (Å²) in [4.78, 5) is 19.0. The molecule has 2 fully saturated rings. The van der Waals surface area contributed by atoms with E-state index < -0.39 is 0 Å². The van der Waals surface area contributed by atoms with Gasteiger partial charge in [0.1, 0.15) is 0 Å². The number of piperidine rings is 1. The topological polar surface area (TPSA) is 68.8 Å². The molecular formula is C24H39N5O. The summed E-state index contributed by atoms with van der Waals surface area (Å²) in [7, 11) is 3.51. The number of hydrogen-bond acceptors (Lipinski definition) is 3. The number of hydrogen-bond donors (Lipinski definition) is 3. The SMILES string of the molecule is CN=C(NCCc1cccc(C(=O)NC)c1)NCC1(N2CCCCC2)CCCCC1. The summed E-state index contributed by atoms with van der Waals surface area (Å²) in [5, 5.41) is 9.78. The molecule has 6 nitrogen and oxygen atoms in total. The summed E-state index contributed by atoms with van der Waals surface area (Å²) in [6.45, 7) is 4.25. The van der Waals surface area contributed by atoms with E-state index in [1.54, 1.807) is 7.05 Å². The zero-order valence-electron chi connectivity index (χ0n) is 18.8. The Labute approximate surface area is 181 Å². The van der Waals surface area contributed by atoms with E-state index in [0.29, 0.717) is 5.56 Å². The van der Waals surface area contributed by atoms with Gasteiger partial charge in [-0.15, -0.1) is 0 Å². The Morgan fingerprint density at radius 2 is 1.80 bits per heavy atom. The third kappa shape index (κ3) is 5.97. The molecule has 30 heavy (non-hydrogen) atoms. The maximum absolute atomic E-state index is 11.8. The third-order valence-electron chi connectivity index (χ3n) is 6.74. The lowest BCUT2D eigenvalue weighted by Gasteiger charge is -2.48. The average molecular weight is 414 g/mol. The molecule has 166 valence electrons. The van der Waals surface area contributed by atoms with Gasteiger partial charge in [-0.3, -0.25) is 14.7 Å². The van der Waals surface area contributed by atoms with Gasteiger partial charge >= 0.3 is 0 Å². The van der Waals surface area contributed by atoms with Crippen molar-refractivity contribution >= 4 is 11.9 Å².